The molecule has 1 aromatic heterocycles. The molecule has 100 valence electrons. The zero-order valence-corrected chi connectivity index (χ0v) is 11.1. The van der Waals surface area contributed by atoms with Crippen LogP contribution in [0, 0.1) is 5.92 Å². The van der Waals surface area contributed by atoms with Crippen LogP contribution in [0.5, 0.6) is 0 Å². The van der Waals surface area contributed by atoms with E-state index in [1.54, 1.807) is 6.20 Å². The smallest absolute Gasteiger partial charge is 0.106 e. The van der Waals surface area contributed by atoms with Crippen molar-refractivity contribution in [3.63, 3.8) is 0 Å². The maximum Gasteiger partial charge on any atom is 0.106 e. The fourth-order valence-corrected chi connectivity index (χ4v) is 2.67. The Hall–Kier alpha value is -1.45. The molecule has 0 saturated heterocycles. The van der Waals surface area contributed by atoms with Gasteiger partial charge in [-0.2, -0.15) is 0 Å². The highest BCUT2D eigenvalue weighted by molar-refractivity contribution is 5.85. The van der Waals surface area contributed by atoms with Crippen LogP contribution in [0.15, 0.2) is 36.7 Å². The number of rotatable bonds is 5. The molecular weight excluding hydrogens is 238 g/mol. The number of pyridine rings is 1. The van der Waals surface area contributed by atoms with E-state index in [0.717, 1.165) is 29.2 Å². The number of aliphatic hydroxyl groups is 1. The van der Waals surface area contributed by atoms with Crippen molar-refractivity contribution in [3.8, 4) is 0 Å². The predicted molar refractivity (Wildman–Crippen MR) is 74.8 cm³/mol. The molecule has 1 aliphatic carbocycles. The van der Waals surface area contributed by atoms with Crippen molar-refractivity contribution < 1.29 is 9.84 Å². The molecular formula is C16H19NO2. The van der Waals surface area contributed by atoms with Gasteiger partial charge in [-0.15, -0.1) is 0 Å². The first-order chi connectivity index (χ1) is 9.31. The molecule has 3 heteroatoms. The molecule has 2 unspecified atom stereocenters. The summed E-state index contributed by atoms with van der Waals surface area (Å²) in [5.74, 6) is 0.502. The average molecular weight is 257 g/mol. The Kier molecular flexibility index (Phi) is 3.49. The van der Waals surface area contributed by atoms with Crippen molar-refractivity contribution in [1.29, 1.82) is 0 Å². The van der Waals surface area contributed by atoms with Gasteiger partial charge in [-0.1, -0.05) is 18.2 Å². The third-order valence-electron chi connectivity index (χ3n) is 3.79. The van der Waals surface area contributed by atoms with Crippen LogP contribution in [0.4, 0.5) is 0 Å². The van der Waals surface area contributed by atoms with E-state index in [2.05, 4.69) is 4.98 Å². The van der Waals surface area contributed by atoms with Gasteiger partial charge in [-0.25, -0.2) is 0 Å². The quantitative estimate of drug-likeness (QED) is 0.895. The monoisotopic (exact) mass is 257 g/mol. The third-order valence-corrected chi connectivity index (χ3v) is 3.79. The SMILES string of the molecule is CCOC(C1CC1)C(O)c1cccc2ccncc12. The molecule has 19 heavy (non-hydrogen) atoms. The van der Waals surface area contributed by atoms with Crippen molar-refractivity contribution in [2.45, 2.75) is 32.0 Å². The van der Waals surface area contributed by atoms with E-state index in [4.69, 9.17) is 4.74 Å². The van der Waals surface area contributed by atoms with Crippen molar-refractivity contribution in [2.24, 2.45) is 5.92 Å². The molecule has 0 amide bonds. The molecule has 3 rings (SSSR count). The Bertz CT molecular complexity index is 560. The summed E-state index contributed by atoms with van der Waals surface area (Å²) in [6.45, 7) is 2.62. The number of aliphatic hydroxyl groups excluding tert-OH is 1. The minimum absolute atomic E-state index is 0.0872. The molecule has 0 spiro atoms. The molecule has 2 atom stereocenters. The zero-order valence-electron chi connectivity index (χ0n) is 11.1. The number of hydrogen-bond donors (Lipinski definition) is 1. The summed E-state index contributed by atoms with van der Waals surface area (Å²) in [6.07, 6.45) is 5.26. The number of fused-ring (bicyclic) bond motifs is 1. The van der Waals surface area contributed by atoms with Crippen molar-refractivity contribution in [3.05, 3.63) is 42.2 Å². The maximum absolute atomic E-state index is 10.7. The van der Waals surface area contributed by atoms with E-state index in [9.17, 15) is 5.11 Å². The highest BCUT2D eigenvalue weighted by Crippen LogP contribution is 2.41. The Morgan fingerprint density at radius 2 is 2.21 bits per heavy atom. The van der Waals surface area contributed by atoms with E-state index < -0.39 is 6.10 Å². The number of ether oxygens (including phenoxy) is 1. The van der Waals surface area contributed by atoms with Gasteiger partial charge in [0.1, 0.15) is 6.10 Å². The first-order valence-electron chi connectivity index (χ1n) is 6.93. The number of hydrogen-bond acceptors (Lipinski definition) is 3. The van der Waals surface area contributed by atoms with Crippen LogP contribution in [0.3, 0.4) is 0 Å². The second-order valence-electron chi connectivity index (χ2n) is 5.15. The fraction of sp³-hybridized carbons (Fsp3) is 0.438. The maximum atomic E-state index is 10.7. The Morgan fingerprint density at radius 3 is 2.95 bits per heavy atom. The molecule has 1 heterocycles. The highest BCUT2D eigenvalue weighted by atomic mass is 16.5. The summed E-state index contributed by atoms with van der Waals surface area (Å²) in [6, 6.07) is 7.97. The first-order valence-corrected chi connectivity index (χ1v) is 6.93. The van der Waals surface area contributed by atoms with Gasteiger partial charge < -0.3 is 9.84 Å². The van der Waals surface area contributed by atoms with Crippen LogP contribution in [0.1, 0.15) is 31.4 Å². The van der Waals surface area contributed by atoms with E-state index in [-0.39, 0.29) is 6.10 Å². The van der Waals surface area contributed by atoms with Gasteiger partial charge in [0, 0.05) is 24.4 Å². The number of nitrogens with zero attached hydrogens (tertiary/aromatic N) is 1. The largest absolute Gasteiger partial charge is 0.386 e. The molecule has 0 bridgehead atoms. The molecule has 2 aromatic rings. The number of aromatic nitrogens is 1. The van der Waals surface area contributed by atoms with Crippen LogP contribution in [0.2, 0.25) is 0 Å². The van der Waals surface area contributed by atoms with Gasteiger partial charge in [-0.05, 0) is 42.7 Å². The van der Waals surface area contributed by atoms with Gasteiger partial charge in [0.05, 0.1) is 6.10 Å². The second kappa shape index (κ2) is 5.27. The molecule has 1 N–H and O–H groups in total. The lowest BCUT2D eigenvalue weighted by molar-refractivity contribution is -0.0456. The van der Waals surface area contributed by atoms with Gasteiger partial charge in [0.2, 0.25) is 0 Å². The standard InChI is InChI=1S/C16H19NO2/c1-2-19-16(12-6-7-12)15(18)13-5-3-4-11-8-9-17-10-14(11)13/h3-5,8-10,12,15-16,18H,2,6-7H2,1H3. The molecule has 1 saturated carbocycles. The van der Waals surface area contributed by atoms with Gasteiger partial charge in [0.15, 0.2) is 0 Å². The van der Waals surface area contributed by atoms with Crippen LogP contribution < -0.4 is 0 Å². The van der Waals surface area contributed by atoms with Gasteiger partial charge in [0.25, 0.3) is 0 Å². The summed E-state index contributed by atoms with van der Waals surface area (Å²) in [5.41, 5.74) is 0.927. The summed E-state index contributed by atoms with van der Waals surface area (Å²) in [4.78, 5) is 4.17. The van der Waals surface area contributed by atoms with Gasteiger partial charge >= 0.3 is 0 Å². The Morgan fingerprint density at radius 1 is 1.37 bits per heavy atom. The topological polar surface area (TPSA) is 42.4 Å². The Balaban J connectivity index is 1.98. The van der Waals surface area contributed by atoms with Crippen LogP contribution in [-0.4, -0.2) is 22.8 Å². The highest BCUT2D eigenvalue weighted by Gasteiger charge is 2.37. The average Bonchev–Trinajstić information content (AvgIpc) is 3.28. The first kappa shape index (κ1) is 12.6. The summed E-state index contributed by atoms with van der Waals surface area (Å²) in [7, 11) is 0. The lowest BCUT2D eigenvalue weighted by Gasteiger charge is -2.24. The molecule has 1 fully saturated rings. The summed E-state index contributed by atoms with van der Waals surface area (Å²) in [5, 5.41) is 12.8. The van der Waals surface area contributed by atoms with Crippen LogP contribution >= 0.6 is 0 Å². The summed E-state index contributed by atoms with van der Waals surface area (Å²) >= 11 is 0. The molecule has 1 aliphatic rings. The Labute approximate surface area is 113 Å². The minimum Gasteiger partial charge on any atom is -0.386 e. The second-order valence-corrected chi connectivity index (χ2v) is 5.15. The predicted octanol–water partition coefficient (Wildman–Crippen LogP) is 3.08. The molecule has 1 aromatic carbocycles. The van der Waals surface area contributed by atoms with E-state index in [1.807, 2.05) is 37.4 Å². The van der Waals surface area contributed by atoms with E-state index >= 15 is 0 Å². The molecule has 3 nitrogen and oxygen atoms in total. The number of benzene rings is 1. The van der Waals surface area contributed by atoms with E-state index in [0.29, 0.717) is 12.5 Å². The lowest BCUT2D eigenvalue weighted by Crippen LogP contribution is -2.24. The normalized spacial score (nSPS) is 18.4. The van der Waals surface area contributed by atoms with Crippen LogP contribution in [0.25, 0.3) is 10.8 Å². The molecule has 0 radical (unpaired) electrons. The van der Waals surface area contributed by atoms with E-state index in [1.165, 1.54) is 0 Å². The van der Waals surface area contributed by atoms with Crippen molar-refractivity contribution in [2.75, 3.05) is 6.61 Å². The van der Waals surface area contributed by atoms with Gasteiger partial charge in [-0.3, -0.25) is 4.98 Å². The van der Waals surface area contributed by atoms with Crippen molar-refractivity contribution >= 4 is 10.8 Å². The third kappa shape index (κ3) is 2.48. The summed E-state index contributed by atoms with van der Waals surface area (Å²) < 4.78 is 5.76. The zero-order chi connectivity index (χ0) is 13.2. The molecule has 0 aliphatic heterocycles. The fourth-order valence-electron chi connectivity index (χ4n) is 2.67. The lowest BCUT2D eigenvalue weighted by atomic mass is 9.96. The van der Waals surface area contributed by atoms with Crippen molar-refractivity contribution in [1.82, 2.24) is 4.98 Å². The minimum atomic E-state index is -0.569. The van der Waals surface area contributed by atoms with Crippen LogP contribution in [-0.2, 0) is 4.74 Å².